The minimum absolute atomic E-state index is 0.0813. The highest BCUT2D eigenvalue weighted by Gasteiger charge is 2.33. The maximum atomic E-state index is 13.0. The molecule has 0 N–H and O–H groups in total. The number of carbonyl (C=O) groups excluding carboxylic acids is 1. The van der Waals surface area contributed by atoms with E-state index in [9.17, 15) is 4.79 Å². The minimum Gasteiger partial charge on any atom is -0.312 e. The van der Waals surface area contributed by atoms with Gasteiger partial charge in [-0.2, -0.15) is 0 Å². The number of hydrogen-bond donors (Lipinski definition) is 0. The monoisotopic (exact) mass is 321 g/mol. The summed E-state index contributed by atoms with van der Waals surface area (Å²) in [6, 6.07) is 15.0. The molecule has 0 unspecified atom stereocenters. The van der Waals surface area contributed by atoms with Crippen molar-refractivity contribution < 1.29 is 4.79 Å². The summed E-state index contributed by atoms with van der Waals surface area (Å²) in [6.07, 6.45) is 6.92. The van der Waals surface area contributed by atoms with Crippen molar-refractivity contribution in [2.45, 2.75) is 0 Å². The van der Waals surface area contributed by atoms with Gasteiger partial charge in [0.25, 0.3) is 5.91 Å². The number of carbonyl (C=O) groups is 1. The van der Waals surface area contributed by atoms with Crippen LogP contribution >= 0.6 is 11.6 Å². The summed E-state index contributed by atoms with van der Waals surface area (Å²) in [6.45, 7) is 0. The molecule has 0 spiro atoms. The van der Waals surface area contributed by atoms with Gasteiger partial charge < -0.3 is 4.57 Å². The van der Waals surface area contributed by atoms with E-state index in [0.29, 0.717) is 10.6 Å². The minimum atomic E-state index is -0.0813. The quantitative estimate of drug-likeness (QED) is 0.663. The van der Waals surface area contributed by atoms with Crippen molar-refractivity contribution in [2.24, 2.45) is 0 Å². The summed E-state index contributed by atoms with van der Waals surface area (Å²) in [5.74, 6) is -0.0813. The molecule has 1 aromatic heterocycles. The Bertz CT molecular complexity index is 916. The number of halogens is 1. The molecular weight excluding hydrogens is 310 g/mol. The average Bonchev–Trinajstić information content (AvgIpc) is 3.15. The molecule has 0 saturated heterocycles. The van der Waals surface area contributed by atoms with E-state index in [1.54, 1.807) is 46.5 Å². The highest BCUT2D eigenvalue weighted by Crippen LogP contribution is 2.41. The Morgan fingerprint density at radius 3 is 2.74 bits per heavy atom. The molecule has 0 aliphatic carbocycles. The van der Waals surface area contributed by atoms with Crippen LogP contribution in [0.4, 0.5) is 11.4 Å². The zero-order valence-electron chi connectivity index (χ0n) is 12.1. The largest absolute Gasteiger partial charge is 0.312 e. The number of benzene rings is 2. The van der Waals surface area contributed by atoms with E-state index in [0.717, 1.165) is 16.9 Å². The van der Waals surface area contributed by atoms with Crippen molar-refractivity contribution in [3.63, 3.8) is 0 Å². The van der Waals surface area contributed by atoms with E-state index in [-0.39, 0.29) is 5.91 Å². The van der Waals surface area contributed by atoms with Crippen LogP contribution in [0.2, 0.25) is 5.02 Å². The van der Waals surface area contributed by atoms with Crippen LogP contribution in [0.1, 0.15) is 5.56 Å². The topological polar surface area (TPSA) is 38.1 Å². The van der Waals surface area contributed by atoms with Crippen molar-refractivity contribution in [3.05, 3.63) is 77.8 Å². The van der Waals surface area contributed by atoms with Gasteiger partial charge in [-0.1, -0.05) is 35.9 Å². The number of imidazole rings is 1. The maximum Gasteiger partial charge on any atom is 0.265 e. The fourth-order valence-electron chi connectivity index (χ4n) is 2.73. The molecule has 5 heteroatoms. The molecule has 0 atom stereocenters. The Morgan fingerprint density at radius 1 is 1.09 bits per heavy atom. The van der Waals surface area contributed by atoms with Crippen molar-refractivity contribution >= 4 is 40.7 Å². The highest BCUT2D eigenvalue weighted by molar-refractivity contribution is 6.37. The fourth-order valence-corrected chi connectivity index (χ4v) is 2.92. The zero-order chi connectivity index (χ0) is 15.8. The first kappa shape index (κ1) is 13.8. The van der Waals surface area contributed by atoms with Gasteiger partial charge in [0.05, 0.1) is 23.3 Å². The first-order valence-electron chi connectivity index (χ1n) is 7.13. The molecule has 112 valence electrons. The number of anilines is 2. The molecule has 2 heterocycles. The Kier molecular flexibility index (Phi) is 3.24. The predicted octanol–water partition coefficient (Wildman–Crippen LogP) is 4.21. The molecule has 0 radical (unpaired) electrons. The summed E-state index contributed by atoms with van der Waals surface area (Å²) >= 11 is 6.08. The van der Waals surface area contributed by atoms with Gasteiger partial charge in [0.15, 0.2) is 0 Å². The first-order chi connectivity index (χ1) is 11.2. The number of para-hydroxylation sites is 1. The summed E-state index contributed by atoms with van der Waals surface area (Å²) < 4.78 is 1.77. The van der Waals surface area contributed by atoms with Gasteiger partial charge >= 0.3 is 0 Å². The number of fused-ring (bicyclic) bond motifs is 1. The SMILES string of the molecule is O=C1/C(=C\n2ccnc2)c2ccccc2N1c1cccc(Cl)c1. The number of amides is 1. The molecule has 4 nitrogen and oxygen atoms in total. The van der Waals surface area contributed by atoms with Crippen molar-refractivity contribution in [1.29, 1.82) is 0 Å². The second-order valence-electron chi connectivity index (χ2n) is 5.19. The van der Waals surface area contributed by atoms with Crippen LogP contribution in [0, 0.1) is 0 Å². The van der Waals surface area contributed by atoms with Gasteiger partial charge in [-0.25, -0.2) is 4.98 Å². The van der Waals surface area contributed by atoms with Crippen LogP contribution in [0.3, 0.4) is 0 Å². The Balaban J connectivity index is 1.88. The van der Waals surface area contributed by atoms with Gasteiger partial charge in [-0.05, 0) is 24.3 Å². The van der Waals surface area contributed by atoms with Crippen LogP contribution in [0.5, 0.6) is 0 Å². The lowest BCUT2D eigenvalue weighted by molar-refractivity contribution is -0.112. The van der Waals surface area contributed by atoms with Gasteiger partial charge in [-0.15, -0.1) is 0 Å². The van der Waals surface area contributed by atoms with Crippen molar-refractivity contribution in [3.8, 4) is 0 Å². The summed E-state index contributed by atoms with van der Waals surface area (Å²) in [5, 5.41) is 0.597. The lowest BCUT2D eigenvalue weighted by Gasteiger charge is -2.17. The van der Waals surface area contributed by atoms with E-state index in [4.69, 9.17) is 11.6 Å². The third-order valence-electron chi connectivity index (χ3n) is 3.74. The number of rotatable bonds is 2. The average molecular weight is 322 g/mol. The molecule has 1 amide bonds. The van der Waals surface area contributed by atoms with Gasteiger partial charge in [0.2, 0.25) is 0 Å². The molecule has 1 aliphatic heterocycles. The third-order valence-corrected chi connectivity index (χ3v) is 3.97. The standard InChI is InChI=1S/C18H12ClN3O/c19-13-4-3-5-14(10-13)22-17-7-2-1-6-15(17)16(18(22)23)11-21-9-8-20-12-21/h1-12H/b16-11-. The highest BCUT2D eigenvalue weighted by atomic mass is 35.5. The summed E-state index contributed by atoms with van der Waals surface area (Å²) in [4.78, 5) is 18.7. The smallest absolute Gasteiger partial charge is 0.265 e. The lowest BCUT2D eigenvalue weighted by atomic mass is 10.1. The van der Waals surface area contributed by atoms with E-state index in [2.05, 4.69) is 4.98 Å². The molecule has 23 heavy (non-hydrogen) atoms. The zero-order valence-corrected chi connectivity index (χ0v) is 12.8. The number of nitrogens with zero attached hydrogens (tertiary/aromatic N) is 3. The first-order valence-corrected chi connectivity index (χ1v) is 7.50. The lowest BCUT2D eigenvalue weighted by Crippen LogP contribution is -2.20. The summed E-state index contributed by atoms with van der Waals surface area (Å²) in [5.41, 5.74) is 3.12. The van der Waals surface area contributed by atoms with E-state index in [1.807, 2.05) is 36.4 Å². The second kappa shape index (κ2) is 5.41. The second-order valence-corrected chi connectivity index (χ2v) is 5.63. The van der Waals surface area contributed by atoms with E-state index in [1.165, 1.54) is 0 Å². The van der Waals surface area contributed by atoms with Crippen LogP contribution in [-0.4, -0.2) is 15.5 Å². The predicted molar refractivity (Wildman–Crippen MR) is 91.4 cm³/mol. The number of hydrogen-bond acceptors (Lipinski definition) is 2. The van der Waals surface area contributed by atoms with Crippen LogP contribution < -0.4 is 4.90 Å². The Hall–Kier alpha value is -2.85. The molecule has 3 aromatic rings. The molecular formula is C18H12ClN3O. The fraction of sp³-hybridized carbons (Fsp3) is 0. The van der Waals surface area contributed by atoms with Crippen LogP contribution in [0.25, 0.3) is 11.8 Å². The molecule has 2 aromatic carbocycles. The van der Waals surface area contributed by atoms with Crippen molar-refractivity contribution in [1.82, 2.24) is 9.55 Å². The van der Waals surface area contributed by atoms with E-state index < -0.39 is 0 Å². The summed E-state index contributed by atoms with van der Waals surface area (Å²) in [7, 11) is 0. The molecule has 1 aliphatic rings. The van der Waals surface area contributed by atoms with E-state index >= 15 is 0 Å². The molecule has 0 fully saturated rings. The van der Waals surface area contributed by atoms with Crippen LogP contribution in [-0.2, 0) is 4.79 Å². The van der Waals surface area contributed by atoms with Gasteiger partial charge in [0, 0.05) is 29.2 Å². The molecule has 4 rings (SSSR count). The third kappa shape index (κ3) is 2.33. The Morgan fingerprint density at radius 2 is 1.96 bits per heavy atom. The number of aromatic nitrogens is 2. The van der Waals surface area contributed by atoms with Crippen molar-refractivity contribution in [2.75, 3.05) is 4.90 Å². The molecule has 0 bridgehead atoms. The van der Waals surface area contributed by atoms with Gasteiger partial charge in [0.1, 0.15) is 0 Å². The molecule has 0 saturated carbocycles. The van der Waals surface area contributed by atoms with Crippen LogP contribution in [0.15, 0.2) is 67.3 Å². The normalized spacial score (nSPS) is 15.3. The maximum absolute atomic E-state index is 13.0. The van der Waals surface area contributed by atoms with Gasteiger partial charge in [-0.3, -0.25) is 9.69 Å². The Labute approximate surface area is 138 Å².